The minimum absolute atomic E-state index is 0.113. The van der Waals surface area contributed by atoms with Gasteiger partial charge in [-0.2, -0.15) is 4.98 Å². The second-order valence-electron chi connectivity index (χ2n) is 7.59. The summed E-state index contributed by atoms with van der Waals surface area (Å²) in [6.07, 6.45) is 3.02. The van der Waals surface area contributed by atoms with Gasteiger partial charge in [0.15, 0.2) is 5.78 Å². The van der Waals surface area contributed by atoms with Gasteiger partial charge in [-0.25, -0.2) is 9.50 Å². The van der Waals surface area contributed by atoms with E-state index in [-0.39, 0.29) is 11.7 Å². The number of nitrogens with zero attached hydrogens (tertiary/aromatic N) is 4. The Balaban J connectivity index is 1.39. The Hall–Kier alpha value is -2.70. The molecule has 0 saturated heterocycles. The molecule has 5 rings (SSSR count). The van der Waals surface area contributed by atoms with Gasteiger partial charge in [-0.1, -0.05) is 65.3 Å². The molecule has 0 radical (unpaired) electrons. The van der Waals surface area contributed by atoms with Gasteiger partial charge in [0.2, 0.25) is 5.16 Å². The predicted molar refractivity (Wildman–Crippen MR) is 118 cm³/mol. The van der Waals surface area contributed by atoms with E-state index < -0.39 is 0 Å². The van der Waals surface area contributed by atoms with Gasteiger partial charge in [-0.3, -0.25) is 4.79 Å². The van der Waals surface area contributed by atoms with Gasteiger partial charge >= 0.3 is 0 Å². The average molecular weight is 435 g/mol. The largest absolute Gasteiger partial charge is 0.294 e. The standard InChI is InChI=1S/C23H19ClN4OS/c1-14-2-6-16(7-3-14)17-10-20-19(21(29)11-17)12-28-22(25-20)26-23(27-28)30-13-15-4-8-18(24)9-5-15/h2-9,12,17H,10-11,13H2,1H3. The average Bonchev–Trinajstić information content (AvgIpc) is 3.14. The van der Waals surface area contributed by atoms with E-state index in [1.54, 1.807) is 10.7 Å². The van der Waals surface area contributed by atoms with Crippen LogP contribution in [-0.2, 0) is 12.2 Å². The van der Waals surface area contributed by atoms with Crippen molar-refractivity contribution in [3.63, 3.8) is 0 Å². The molecule has 150 valence electrons. The maximum absolute atomic E-state index is 12.8. The molecule has 5 nitrogen and oxygen atoms in total. The van der Waals surface area contributed by atoms with Gasteiger partial charge in [0, 0.05) is 23.4 Å². The van der Waals surface area contributed by atoms with Crippen LogP contribution >= 0.6 is 23.4 Å². The molecule has 0 N–H and O–H groups in total. The minimum atomic E-state index is 0.113. The number of hydrogen-bond donors (Lipinski definition) is 0. The van der Waals surface area contributed by atoms with E-state index in [0.717, 1.165) is 28.5 Å². The normalized spacial score (nSPS) is 16.1. The number of aromatic nitrogens is 4. The minimum Gasteiger partial charge on any atom is -0.294 e. The van der Waals surface area contributed by atoms with Crippen molar-refractivity contribution in [3.05, 3.63) is 87.7 Å². The number of rotatable bonds is 4. The summed E-state index contributed by atoms with van der Waals surface area (Å²) in [4.78, 5) is 22.0. The molecule has 0 saturated carbocycles. The Morgan fingerprint density at radius 3 is 2.60 bits per heavy atom. The van der Waals surface area contributed by atoms with Crippen molar-refractivity contribution in [2.75, 3.05) is 0 Å². The number of fused-ring (bicyclic) bond motifs is 2. The molecule has 4 aromatic rings. The highest BCUT2D eigenvalue weighted by molar-refractivity contribution is 7.98. The number of halogens is 1. The third-order valence-corrected chi connectivity index (χ3v) is 6.55. The van der Waals surface area contributed by atoms with Gasteiger partial charge in [0.25, 0.3) is 5.78 Å². The first kappa shape index (κ1) is 19.3. The van der Waals surface area contributed by atoms with Crippen molar-refractivity contribution in [2.45, 2.75) is 36.6 Å². The molecule has 1 aliphatic rings. The van der Waals surface area contributed by atoms with Crippen molar-refractivity contribution in [3.8, 4) is 0 Å². The summed E-state index contributed by atoms with van der Waals surface area (Å²) in [6, 6.07) is 16.1. The van der Waals surface area contributed by atoms with Crippen LogP contribution in [0.15, 0.2) is 59.9 Å². The Labute approximate surface area is 183 Å². The summed E-state index contributed by atoms with van der Waals surface area (Å²) in [7, 11) is 0. The lowest BCUT2D eigenvalue weighted by Gasteiger charge is -2.23. The Kier molecular flexibility index (Phi) is 5.05. The molecule has 0 spiro atoms. The monoisotopic (exact) mass is 434 g/mol. The van der Waals surface area contributed by atoms with E-state index in [4.69, 9.17) is 11.6 Å². The molecular weight excluding hydrogens is 416 g/mol. The molecule has 0 fully saturated rings. The molecule has 1 unspecified atom stereocenters. The highest BCUT2D eigenvalue weighted by atomic mass is 35.5. The molecule has 2 aromatic heterocycles. The van der Waals surface area contributed by atoms with Crippen LogP contribution < -0.4 is 0 Å². The highest BCUT2D eigenvalue weighted by Crippen LogP contribution is 2.32. The zero-order valence-corrected chi connectivity index (χ0v) is 18.0. The van der Waals surface area contributed by atoms with Crippen LogP contribution in [0.5, 0.6) is 0 Å². The lowest BCUT2D eigenvalue weighted by atomic mass is 9.82. The first-order chi connectivity index (χ1) is 14.5. The zero-order chi connectivity index (χ0) is 20.7. The summed E-state index contributed by atoms with van der Waals surface area (Å²) < 4.78 is 1.62. The van der Waals surface area contributed by atoms with Crippen molar-refractivity contribution < 1.29 is 4.79 Å². The zero-order valence-electron chi connectivity index (χ0n) is 16.4. The summed E-state index contributed by atoms with van der Waals surface area (Å²) >= 11 is 7.48. The number of carbonyl (C=O) groups is 1. The van der Waals surface area contributed by atoms with E-state index in [9.17, 15) is 4.79 Å². The third-order valence-electron chi connectivity index (χ3n) is 5.39. The van der Waals surface area contributed by atoms with Crippen LogP contribution in [0, 0.1) is 6.92 Å². The number of aryl methyl sites for hydroxylation is 1. The lowest BCUT2D eigenvalue weighted by molar-refractivity contribution is 0.0962. The fraction of sp³-hybridized carbons (Fsp3) is 0.217. The van der Waals surface area contributed by atoms with E-state index >= 15 is 0 Å². The van der Waals surface area contributed by atoms with Crippen molar-refractivity contribution in [1.29, 1.82) is 0 Å². The molecule has 1 aliphatic carbocycles. The smallest absolute Gasteiger partial charge is 0.253 e. The molecule has 0 aliphatic heterocycles. The maximum atomic E-state index is 12.8. The number of Topliss-reactive ketones (excluding diaryl/α,β-unsaturated/α-hetero) is 1. The van der Waals surface area contributed by atoms with Gasteiger partial charge in [-0.05, 0) is 42.5 Å². The summed E-state index contributed by atoms with van der Waals surface area (Å²) in [5.41, 5.74) is 5.01. The van der Waals surface area contributed by atoms with Gasteiger partial charge in [0.05, 0.1) is 11.3 Å². The number of carbonyl (C=O) groups excluding carboxylic acids is 1. The van der Waals surface area contributed by atoms with Crippen molar-refractivity contribution in [1.82, 2.24) is 19.6 Å². The van der Waals surface area contributed by atoms with E-state index in [2.05, 4.69) is 46.3 Å². The number of benzene rings is 2. The molecule has 7 heteroatoms. The van der Waals surface area contributed by atoms with Crippen LogP contribution in [-0.4, -0.2) is 25.4 Å². The summed E-state index contributed by atoms with van der Waals surface area (Å²) in [6.45, 7) is 2.07. The van der Waals surface area contributed by atoms with E-state index in [1.165, 1.54) is 22.9 Å². The predicted octanol–water partition coefficient (Wildman–Crippen LogP) is 5.29. The van der Waals surface area contributed by atoms with E-state index in [0.29, 0.717) is 22.9 Å². The van der Waals surface area contributed by atoms with Gasteiger partial charge < -0.3 is 0 Å². The summed E-state index contributed by atoms with van der Waals surface area (Å²) in [5.74, 6) is 1.54. The van der Waals surface area contributed by atoms with Crippen LogP contribution in [0.3, 0.4) is 0 Å². The second-order valence-corrected chi connectivity index (χ2v) is 8.97. The van der Waals surface area contributed by atoms with Crippen molar-refractivity contribution in [2.24, 2.45) is 0 Å². The van der Waals surface area contributed by atoms with Gasteiger partial charge in [-0.15, -0.1) is 5.10 Å². The number of thioether (sulfide) groups is 1. The summed E-state index contributed by atoms with van der Waals surface area (Å²) in [5, 5.41) is 5.86. The second kappa shape index (κ2) is 7.85. The van der Waals surface area contributed by atoms with Crippen LogP contribution in [0.25, 0.3) is 5.78 Å². The maximum Gasteiger partial charge on any atom is 0.253 e. The highest BCUT2D eigenvalue weighted by Gasteiger charge is 2.28. The molecular formula is C23H19ClN4OS. The molecule has 2 heterocycles. The van der Waals surface area contributed by atoms with Crippen LogP contribution in [0.4, 0.5) is 0 Å². The van der Waals surface area contributed by atoms with Crippen LogP contribution in [0.2, 0.25) is 5.02 Å². The Bertz CT molecular complexity index is 1230. The first-order valence-electron chi connectivity index (χ1n) is 9.78. The quantitative estimate of drug-likeness (QED) is 0.408. The molecule has 2 aromatic carbocycles. The fourth-order valence-electron chi connectivity index (χ4n) is 3.73. The topological polar surface area (TPSA) is 60.2 Å². The molecule has 1 atom stereocenters. The Morgan fingerprint density at radius 1 is 1.07 bits per heavy atom. The number of ketones is 1. The first-order valence-corrected chi connectivity index (χ1v) is 11.1. The van der Waals surface area contributed by atoms with E-state index in [1.807, 2.05) is 24.3 Å². The lowest BCUT2D eigenvalue weighted by Crippen LogP contribution is -2.21. The third kappa shape index (κ3) is 3.85. The Morgan fingerprint density at radius 2 is 1.83 bits per heavy atom. The van der Waals surface area contributed by atoms with Gasteiger partial charge in [0.1, 0.15) is 0 Å². The number of hydrogen-bond acceptors (Lipinski definition) is 5. The SMILES string of the molecule is Cc1ccc(C2CC(=O)c3cn4nc(SCc5ccc(Cl)cc5)nc4nc3C2)cc1. The molecule has 0 amide bonds. The fourth-order valence-corrected chi connectivity index (χ4v) is 4.63. The van der Waals surface area contributed by atoms with Crippen molar-refractivity contribution >= 4 is 34.9 Å². The molecule has 30 heavy (non-hydrogen) atoms. The molecule has 0 bridgehead atoms. The van der Waals surface area contributed by atoms with Crippen LogP contribution in [0.1, 0.15) is 45.1 Å².